The molecule has 90 valence electrons. The van der Waals surface area contributed by atoms with Crippen LogP contribution in [0.15, 0.2) is 12.3 Å². The first-order valence-electron chi connectivity index (χ1n) is 4.90. The number of anilines is 2. The van der Waals surface area contributed by atoms with Crippen LogP contribution in [0.1, 0.15) is 5.56 Å². The minimum absolute atomic E-state index is 0.336. The molecule has 0 aliphatic heterocycles. The van der Waals surface area contributed by atoms with Gasteiger partial charge in [-0.25, -0.2) is 4.98 Å². The quantitative estimate of drug-likeness (QED) is 0.446. The van der Waals surface area contributed by atoms with E-state index in [1.807, 2.05) is 6.92 Å². The summed E-state index contributed by atoms with van der Waals surface area (Å²) >= 11 is 0. The molecule has 0 saturated heterocycles. The average Bonchev–Trinajstić information content (AvgIpc) is 2.29. The lowest BCUT2D eigenvalue weighted by Crippen LogP contribution is -2.49. The summed E-state index contributed by atoms with van der Waals surface area (Å²) in [6.45, 7) is 0.587. The van der Waals surface area contributed by atoms with Crippen LogP contribution in [0.4, 0.5) is 11.5 Å². The first kappa shape index (κ1) is 12.7. The van der Waals surface area contributed by atoms with Crippen molar-refractivity contribution in [2.24, 2.45) is 0 Å². The van der Waals surface area contributed by atoms with Crippen molar-refractivity contribution < 1.29 is 15.3 Å². The molecule has 1 aromatic heterocycles. The summed E-state index contributed by atoms with van der Waals surface area (Å²) < 4.78 is 0. The molecular formula is C10H17N3O3. The van der Waals surface area contributed by atoms with E-state index in [2.05, 4.69) is 10.3 Å². The van der Waals surface area contributed by atoms with Gasteiger partial charge in [0.15, 0.2) is 0 Å². The van der Waals surface area contributed by atoms with Crippen molar-refractivity contribution in [2.75, 3.05) is 30.9 Å². The second-order valence-corrected chi connectivity index (χ2v) is 3.83. The summed E-state index contributed by atoms with van der Waals surface area (Å²) in [5.74, 6) is 0.336. The lowest BCUT2D eigenvalue weighted by Gasteiger charge is -2.29. The first-order chi connectivity index (χ1) is 7.56. The number of nitrogens with two attached hydrogens (primary N) is 1. The van der Waals surface area contributed by atoms with E-state index < -0.39 is 25.4 Å². The molecule has 6 nitrogen and oxygen atoms in total. The van der Waals surface area contributed by atoms with Gasteiger partial charge in [-0.1, -0.05) is 0 Å². The van der Waals surface area contributed by atoms with Gasteiger partial charge in [0.2, 0.25) is 0 Å². The number of hydrogen-bond acceptors (Lipinski definition) is 6. The summed E-state index contributed by atoms with van der Waals surface area (Å²) in [7, 11) is 0. The normalized spacial score (nSPS) is 11.5. The van der Waals surface area contributed by atoms with Crippen LogP contribution in [0.3, 0.4) is 0 Å². The number of nitrogen functional groups attached to an aromatic ring is 1. The van der Waals surface area contributed by atoms with Crippen LogP contribution in [0.2, 0.25) is 0 Å². The Morgan fingerprint density at radius 3 is 2.31 bits per heavy atom. The topological polar surface area (TPSA) is 112 Å². The second-order valence-electron chi connectivity index (χ2n) is 3.83. The van der Waals surface area contributed by atoms with Crippen molar-refractivity contribution >= 4 is 11.5 Å². The molecule has 1 rings (SSSR count). The summed E-state index contributed by atoms with van der Waals surface area (Å²) in [4.78, 5) is 4.04. The van der Waals surface area contributed by atoms with Crippen molar-refractivity contribution in [1.82, 2.24) is 4.98 Å². The molecule has 0 aliphatic carbocycles. The number of nitrogens with zero attached hydrogens (tertiary/aromatic N) is 1. The minimum atomic E-state index is -1.21. The predicted molar refractivity (Wildman–Crippen MR) is 61.0 cm³/mol. The van der Waals surface area contributed by atoms with Gasteiger partial charge in [0.25, 0.3) is 0 Å². The molecule has 0 fully saturated rings. The van der Waals surface area contributed by atoms with Gasteiger partial charge in [-0.05, 0) is 18.6 Å². The molecule has 0 amide bonds. The van der Waals surface area contributed by atoms with E-state index in [0.717, 1.165) is 5.56 Å². The maximum atomic E-state index is 9.13. The van der Waals surface area contributed by atoms with Gasteiger partial charge >= 0.3 is 0 Å². The number of aryl methyl sites for hydroxylation is 1. The van der Waals surface area contributed by atoms with E-state index in [0.29, 0.717) is 11.5 Å². The molecular weight excluding hydrogens is 210 g/mol. The van der Waals surface area contributed by atoms with Crippen molar-refractivity contribution in [3.05, 3.63) is 17.8 Å². The minimum Gasteiger partial charge on any atom is -0.396 e. The fraction of sp³-hybridized carbons (Fsp3) is 0.500. The molecule has 0 atom stereocenters. The third-order valence-corrected chi connectivity index (χ3v) is 2.35. The molecule has 6 N–H and O–H groups in total. The Bertz CT molecular complexity index is 345. The summed E-state index contributed by atoms with van der Waals surface area (Å²) in [5, 5.41) is 30.1. The zero-order valence-corrected chi connectivity index (χ0v) is 9.14. The number of aliphatic hydroxyl groups is 3. The van der Waals surface area contributed by atoms with Gasteiger partial charge in [-0.2, -0.15) is 0 Å². The highest BCUT2D eigenvalue weighted by Crippen LogP contribution is 2.20. The Hall–Kier alpha value is -1.37. The van der Waals surface area contributed by atoms with Gasteiger partial charge in [-0.15, -0.1) is 0 Å². The van der Waals surface area contributed by atoms with Crippen LogP contribution < -0.4 is 11.1 Å². The molecule has 0 aromatic carbocycles. The maximum absolute atomic E-state index is 9.13. The lowest BCUT2D eigenvalue weighted by atomic mass is 10.0. The average molecular weight is 227 g/mol. The van der Waals surface area contributed by atoms with Gasteiger partial charge < -0.3 is 26.4 Å². The summed E-state index contributed by atoms with van der Waals surface area (Å²) in [6.07, 6.45) is 1.61. The monoisotopic (exact) mass is 227 g/mol. The van der Waals surface area contributed by atoms with E-state index >= 15 is 0 Å². The number of aliphatic hydroxyl groups excluding tert-OH is 3. The van der Waals surface area contributed by atoms with Crippen molar-refractivity contribution in [1.29, 1.82) is 0 Å². The fourth-order valence-electron chi connectivity index (χ4n) is 1.22. The second kappa shape index (κ2) is 5.11. The molecule has 1 aromatic rings. The molecule has 0 aliphatic rings. The van der Waals surface area contributed by atoms with Crippen molar-refractivity contribution in [3.8, 4) is 0 Å². The third kappa shape index (κ3) is 2.60. The largest absolute Gasteiger partial charge is 0.396 e. The SMILES string of the molecule is Cc1cnc(NC(CO)(CO)CO)c(N)c1. The van der Waals surface area contributed by atoms with Gasteiger partial charge in [-0.3, -0.25) is 0 Å². The van der Waals surface area contributed by atoms with Crippen LogP contribution in [-0.2, 0) is 0 Å². The third-order valence-electron chi connectivity index (χ3n) is 2.35. The first-order valence-corrected chi connectivity index (χ1v) is 4.90. The Kier molecular flexibility index (Phi) is 4.05. The number of nitrogens with one attached hydrogen (secondary N) is 1. The van der Waals surface area contributed by atoms with Gasteiger partial charge in [0.1, 0.15) is 11.4 Å². The number of hydrogen-bond donors (Lipinski definition) is 5. The smallest absolute Gasteiger partial charge is 0.149 e. The van der Waals surface area contributed by atoms with Gasteiger partial charge in [0.05, 0.1) is 25.5 Å². The zero-order valence-electron chi connectivity index (χ0n) is 9.14. The number of rotatable bonds is 5. The van der Waals surface area contributed by atoms with Crippen molar-refractivity contribution in [2.45, 2.75) is 12.5 Å². The number of aromatic nitrogens is 1. The Labute approximate surface area is 93.7 Å². The summed E-state index contributed by atoms with van der Waals surface area (Å²) in [6, 6.07) is 1.71. The molecule has 6 heteroatoms. The molecule has 16 heavy (non-hydrogen) atoms. The van der Waals surface area contributed by atoms with E-state index in [1.165, 1.54) is 0 Å². The van der Waals surface area contributed by atoms with E-state index in [9.17, 15) is 0 Å². The Morgan fingerprint density at radius 2 is 1.88 bits per heavy atom. The highest BCUT2D eigenvalue weighted by molar-refractivity contribution is 5.62. The molecule has 0 radical (unpaired) electrons. The predicted octanol–water partition coefficient (Wildman–Crippen LogP) is -0.900. The molecule has 0 spiro atoms. The highest BCUT2D eigenvalue weighted by Gasteiger charge is 2.28. The van der Waals surface area contributed by atoms with Crippen LogP contribution in [-0.4, -0.2) is 45.7 Å². The zero-order chi connectivity index (χ0) is 12.2. The Morgan fingerprint density at radius 1 is 1.31 bits per heavy atom. The lowest BCUT2D eigenvalue weighted by molar-refractivity contribution is 0.0831. The van der Waals surface area contributed by atoms with Crippen LogP contribution >= 0.6 is 0 Å². The highest BCUT2D eigenvalue weighted by atomic mass is 16.3. The van der Waals surface area contributed by atoms with E-state index in [-0.39, 0.29) is 0 Å². The molecule has 0 saturated carbocycles. The van der Waals surface area contributed by atoms with Crippen molar-refractivity contribution in [3.63, 3.8) is 0 Å². The van der Waals surface area contributed by atoms with Crippen LogP contribution in [0.25, 0.3) is 0 Å². The van der Waals surface area contributed by atoms with E-state index in [1.54, 1.807) is 12.3 Å². The van der Waals surface area contributed by atoms with Gasteiger partial charge in [0, 0.05) is 6.20 Å². The fourth-order valence-corrected chi connectivity index (χ4v) is 1.22. The molecule has 0 unspecified atom stereocenters. The maximum Gasteiger partial charge on any atom is 0.149 e. The van der Waals surface area contributed by atoms with Crippen LogP contribution in [0.5, 0.6) is 0 Å². The van der Waals surface area contributed by atoms with E-state index in [4.69, 9.17) is 21.1 Å². The Balaban J connectivity index is 2.93. The number of pyridine rings is 1. The molecule has 0 bridgehead atoms. The standard InChI is InChI=1S/C10H17N3O3/c1-7-2-8(11)9(12-3-7)13-10(4-14,5-15)6-16/h2-3,14-16H,4-6,11H2,1H3,(H,12,13). The van der Waals surface area contributed by atoms with Crippen LogP contribution in [0, 0.1) is 6.92 Å². The summed E-state index contributed by atoms with van der Waals surface area (Å²) in [5.41, 5.74) is 5.82. The molecule has 1 heterocycles.